The number of rotatable bonds is 10. The van der Waals surface area contributed by atoms with E-state index in [0.29, 0.717) is 24.5 Å². The number of esters is 1. The summed E-state index contributed by atoms with van der Waals surface area (Å²) in [6.07, 6.45) is 2.65. The molecule has 26 heavy (non-hydrogen) atoms. The second-order valence-electron chi connectivity index (χ2n) is 5.89. The van der Waals surface area contributed by atoms with Crippen LogP contribution in [0.25, 0.3) is 0 Å². The van der Waals surface area contributed by atoms with Gasteiger partial charge in [0.15, 0.2) is 6.61 Å². The van der Waals surface area contributed by atoms with Crippen LogP contribution >= 0.6 is 0 Å². The molecule has 0 bridgehead atoms. The normalized spacial score (nSPS) is 10.2. The highest BCUT2D eigenvalue weighted by atomic mass is 16.5. The summed E-state index contributed by atoms with van der Waals surface area (Å²) in [7, 11) is 0. The summed E-state index contributed by atoms with van der Waals surface area (Å²) in [6.45, 7) is 2.93. The highest BCUT2D eigenvalue weighted by molar-refractivity contribution is 5.91. The molecular formula is C21H25NO4. The standard InChI is InChI=1S/C21H25NO4/c1-2-15-25-19-12-10-18(11-13-19)21(24)26-16-20(23)22-14-6-9-17-7-4-3-5-8-17/h3-5,7-8,10-13H,2,6,9,14-16H2,1H3,(H,22,23). The topological polar surface area (TPSA) is 64.6 Å². The molecule has 5 heteroatoms. The number of nitrogens with one attached hydrogen (secondary N) is 1. The van der Waals surface area contributed by atoms with Crippen molar-refractivity contribution in [1.82, 2.24) is 5.32 Å². The molecule has 0 radical (unpaired) electrons. The molecule has 0 saturated carbocycles. The van der Waals surface area contributed by atoms with E-state index < -0.39 is 5.97 Å². The Hall–Kier alpha value is -2.82. The lowest BCUT2D eigenvalue weighted by molar-refractivity contribution is -0.124. The average molecular weight is 355 g/mol. The van der Waals surface area contributed by atoms with E-state index >= 15 is 0 Å². The van der Waals surface area contributed by atoms with Crippen molar-refractivity contribution < 1.29 is 19.1 Å². The summed E-state index contributed by atoms with van der Waals surface area (Å²) in [4.78, 5) is 23.7. The lowest BCUT2D eigenvalue weighted by Crippen LogP contribution is -2.29. The fourth-order valence-corrected chi connectivity index (χ4v) is 2.34. The van der Waals surface area contributed by atoms with Crippen molar-refractivity contribution in [2.24, 2.45) is 0 Å². The van der Waals surface area contributed by atoms with Gasteiger partial charge in [0.2, 0.25) is 0 Å². The minimum atomic E-state index is -0.522. The molecular weight excluding hydrogens is 330 g/mol. The quantitative estimate of drug-likeness (QED) is 0.524. The van der Waals surface area contributed by atoms with Gasteiger partial charge in [-0.1, -0.05) is 37.3 Å². The number of hydrogen-bond acceptors (Lipinski definition) is 4. The molecule has 0 fully saturated rings. The molecule has 0 aliphatic heterocycles. The monoisotopic (exact) mass is 355 g/mol. The number of amides is 1. The fraction of sp³-hybridized carbons (Fsp3) is 0.333. The van der Waals surface area contributed by atoms with E-state index in [4.69, 9.17) is 9.47 Å². The third-order valence-electron chi connectivity index (χ3n) is 3.70. The fourth-order valence-electron chi connectivity index (χ4n) is 2.34. The zero-order valence-corrected chi connectivity index (χ0v) is 15.1. The van der Waals surface area contributed by atoms with Crippen molar-refractivity contribution in [3.8, 4) is 5.75 Å². The van der Waals surface area contributed by atoms with Gasteiger partial charge in [-0.3, -0.25) is 4.79 Å². The predicted molar refractivity (Wildman–Crippen MR) is 100 cm³/mol. The molecule has 0 spiro atoms. The molecule has 0 heterocycles. The number of ether oxygens (including phenoxy) is 2. The molecule has 1 amide bonds. The third kappa shape index (κ3) is 6.97. The van der Waals surface area contributed by atoms with Crippen LogP contribution in [-0.2, 0) is 16.0 Å². The summed E-state index contributed by atoms with van der Waals surface area (Å²) < 4.78 is 10.5. The van der Waals surface area contributed by atoms with Gasteiger partial charge < -0.3 is 14.8 Å². The van der Waals surface area contributed by atoms with E-state index in [-0.39, 0.29) is 12.5 Å². The van der Waals surface area contributed by atoms with Crippen molar-refractivity contribution in [2.75, 3.05) is 19.8 Å². The maximum absolute atomic E-state index is 11.9. The van der Waals surface area contributed by atoms with Crippen LogP contribution < -0.4 is 10.1 Å². The Kier molecular flexibility index (Phi) is 8.19. The molecule has 2 aromatic rings. The molecule has 2 rings (SSSR count). The molecule has 0 aliphatic carbocycles. The molecule has 138 valence electrons. The highest BCUT2D eigenvalue weighted by Crippen LogP contribution is 2.13. The molecule has 5 nitrogen and oxygen atoms in total. The molecule has 0 unspecified atom stereocenters. The van der Waals surface area contributed by atoms with Gasteiger partial charge in [0.05, 0.1) is 12.2 Å². The zero-order valence-electron chi connectivity index (χ0n) is 15.1. The summed E-state index contributed by atoms with van der Waals surface area (Å²) >= 11 is 0. The van der Waals surface area contributed by atoms with Crippen LogP contribution in [0.1, 0.15) is 35.7 Å². The van der Waals surface area contributed by atoms with Gasteiger partial charge in [0.25, 0.3) is 5.91 Å². The van der Waals surface area contributed by atoms with Gasteiger partial charge in [0.1, 0.15) is 5.75 Å². The molecule has 0 aliphatic rings. The lowest BCUT2D eigenvalue weighted by atomic mass is 10.1. The largest absolute Gasteiger partial charge is 0.494 e. The van der Waals surface area contributed by atoms with E-state index in [0.717, 1.165) is 19.3 Å². The first-order valence-electron chi connectivity index (χ1n) is 8.89. The van der Waals surface area contributed by atoms with E-state index in [1.165, 1.54) is 5.56 Å². The van der Waals surface area contributed by atoms with Crippen molar-refractivity contribution in [2.45, 2.75) is 26.2 Å². The van der Waals surface area contributed by atoms with Gasteiger partial charge in [-0.2, -0.15) is 0 Å². The van der Waals surface area contributed by atoms with E-state index in [2.05, 4.69) is 17.4 Å². The van der Waals surface area contributed by atoms with Gasteiger partial charge in [-0.25, -0.2) is 4.79 Å². The Morgan fingerprint density at radius 2 is 1.73 bits per heavy atom. The summed E-state index contributed by atoms with van der Waals surface area (Å²) in [5.41, 5.74) is 1.63. The van der Waals surface area contributed by atoms with E-state index in [9.17, 15) is 9.59 Å². The Morgan fingerprint density at radius 1 is 1.00 bits per heavy atom. The smallest absolute Gasteiger partial charge is 0.338 e. The highest BCUT2D eigenvalue weighted by Gasteiger charge is 2.10. The number of benzene rings is 2. The first-order valence-corrected chi connectivity index (χ1v) is 8.89. The minimum Gasteiger partial charge on any atom is -0.494 e. The van der Waals surface area contributed by atoms with Crippen LogP contribution in [0.15, 0.2) is 54.6 Å². The molecule has 0 saturated heterocycles. The summed E-state index contributed by atoms with van der Waals surface area (Å²) in [6, 6.07) is 16.8. The SMILES string of the molecule is CCCOc1ccc(C(=O)OCC(=O)NCCCc2ccccc2)cc1. The number of carbonyl (C=O) groups is 2. The van der Waals surface area contributed by atoms with Crippen molar-refractivity contribution in [3.63, 3.8) is 0 Å². The zero-order chi connectivity index (χ0) is 18.6. The minimum absolute atomic E-state index is 0.280. The average Bonchev–Trinajstić information content (AvgIpc) is 2.69. The van der Waals surface area contributed by atoms with Gasteiger partial charge >= 0.3 is 5.97 Å². The summed E-state index contributed by atoms with van der Waals surface area (Å²) in [5, 5.41) is 2.76. The molecule has 0 atom stereocenters. The van der Waals surface area contributed by atoms with Crippen LogP contribution in [-0.4, -0.2) is 31.6 Å². The van der Waals surface area contributed by atoms with E-state index in [1.54, 1.807) is 24.3 Å². The van der Waals surface area contributed by atoms with Crippen molar-refractivity contribution in [1.29, 1.82) is 0 Å². The van der Waals surface area contributed by atoms with Crippen molar-refractivity contribution >= 4 is 11.9 Å². The number of carbonyl (C=O) groups excluding carboxylic acids is 2. The second kappa shape index (κ2) is 10.9. The number of hydrogen-bond donors (Lipinski definition) is 1. The van der Waals surface area contributed by atoms with Crippen molar-refractivity contribution in [3.05, 3.63) is 65.7 Å². The maximum Gasteiger partial charge on any atom is 0.338 e. The van der Waals surface area contributed by atoms with Crippen LogP contribution in [0.2, 0.25) is 0 Å². The van der Waals surface area contributed by atoms with Gasteiger partial charge in [-0.15, -0.1) is 0 Å². The molecule has 0 aromatic heterocycles. The van der Waals surface area contributed by atoms with Crippen LogP contribution in [0, 0.1) is 0 Å². The van der Waals surface area contributed by atoms with E-state index in [1.807, 2.05) is 25.1 Å². The third-order valence-corrected chi connectivity index (χ3v) is 3.70. The Labute approximate surface area is 154 Å². The Bertz CT molecular complexity index is 683. The van der Waals surface area contributed by atoms with Crippen LogP contribution in [0.3, 0.4) is 0 Å². The van der Waals surface area contributed by atoms with Crippen LogP contribution in [0.4, 0.5) is 0 Å². The molecule has 2 aromatic carbocycles. The maximum atomic E-state index is 11.9. The lowest BCUT2D eigenvalue weighted by Gasteiger charge is -2.08. The van der Waals surface area contributed by atoms with Crippen LogP contribution in [0.5, 0.6) is 5.75 Å². The van der Waals surface area contributed by atoms with Gasteiger partial charge in [-0.05, 0) is 49.1 Å². The Balaban J connectivity index is 1.64. The second-order valence-corrected chi connectivity index (χ2v) is 5.89. The summed E-state index contributed by atoms with van der Waals surface area (Å²) in [5.74, 6) is -0.111. The van der Waals surface area contributed by atoms with Gasteiger partial charge in [0, 0.05) is 6.54 Å². The molecule has 1 N–H and O–H groups in total. The number of aryl methyl sites for hydroxylation is 1. The predicted octanol–water partition coefficient (Wildman–Crippen LogP) is 3.38. The Morgan fingerprint density at radius 3 is 2.42 bits per heavy atom. The first kappa shape index (κ1) is 19.5. The first-order chi connectivity index (χ1) is 12.7.